The number of hydrogen-bond acceptors (Lipinski definition) is 4. The van der Waals surface area contributed by atoms with Crippen LogP contribution in [0.4, 0.5) is 20.6 Å². The number of para-hydroxylation sites is 1. The summed E-state index contributed by atoms with van der Waals surface area (Å²) in [6.45, 7) is 12.0. The Morgan fingerprint density at radius 2 is 2.00 bits per heavy atom. The Balaban J connectivity index is 1.38. The van der Waals surface area contributed by atoms with Crippen LogP contribution in [-0.2, 0) is 18.0 Å². The molecule has 9 heteroatoms. The first-order valence-corrected chi connectivity index (χ1v) is 15.1. The van der Waals surface area contributed by atoms with Crippen LogP contribution in [0.3, 0.4) is 0 Å². The fourth-order valence-corrected chi connectivity index (χ4v) is 5.22. The van der Waals surface area contributed by atoms with Crippen molar-refractivity contribution in [1.82, 2.24) is 14.7 Å². The Morgan fingerprint density at radius 3 is 2.69 bits per heavy atom. The number of benzene rings is 1. The molecule has 1 fully saturated rings. The van der Waals surface area contributed by atoms with Gasteiger partial charge in [0.15, 0.2) is 0 Å². The Kier molecular flexibility index (Phi) is 6.57. The molecule has 2 aliphatic heterocycles. The van der Waals surface area contributed by atoms with E-state index in [2.05, 4.69) is 35.0 Å². The maximum absolute atomic E-state index is 14.4. The number of carbonyl (C=O) groups excluding carboxylic acids is 1. The SMILES string of the molecule is Cc1cccc(F)c1N1CCC(N2Cc3c(cnn3COCC[Si](C)(C)C)NC2=O)CC1. The summed E-state index contributed by atoms with van der Waals surface area (Å²) in [5, 5.41) is 7.41. The highest BCUT2D eigenvalue weighted by molar-refractivity contribution is 6.76. The van der Waals surface area contributed by atoms with Gasteiger partial charge >= 0.3 is 6.03 Å². The average Bonchev–Trinajstić information content (AvgIpc) is 3.12. The number of rotatable bonds is 7. The van der Waals surface area contributed by atoms with Crippen LogP contribution in [0.2, 0.25) is 25.7 Å². The summed E-state index contributed by atoms with van der Waals surface area (Å²) >= 11 is 0. The Bertz CT molecular complexity index is 946. The summed E-state index contributed by atoms with van der Waals surface area (Å²) in [6, 6.07) is 6.34. The van der Waals surface area contributed by atoms with E-state index in [0.29, 0.717) is 19.0 Å². The maximum Gasteiger partial charge on any atom is 0.322 e. The van der Waals surface area contributed by atoms with Crippen molar-refractivity contribution >= 4 is 25.5 Å². The van der Waals surface area contributed by atoms with Gasteiger partial charge < -0.3 is 19.9 Å². The molecule has 0 bridgehead atoms. The highest BCUT2D eigenvalue weighted by atomic mass is 28.3. The Morgan fingerprint density at radius 1 is 1.25 bits per heavy atom. The topological polar surface area (TPSA) is 62.6 Å². The predicted molar refractivity (Wildman–Crippen MR) is 127 cm³/mol. The van der Waals surface area contributed by atoms with Crippen molar-refractivity contribution in [1.29, 1.82) is 0 Å². The van der Waals surface area contributed by atoms with Crippen molar-refractivity contribution in [3.05, 3.63) is 41.5 Å². The number of urea groups is 1. The average molecular weight is 460 g/mol. The summed E-state index contributed by atoms with van der Waals surface area (Å²) in [5.41, 5.74) is 3.37. The third kappa shape index (κ3) is 4.99. The number of nitrogens with one attached hydrogen (secondary N) is 1. The van der Waals surface area contributed by atoms with Crippen molar-refractivity contribution in [2.45, 2.75) is 64.8 Å². The molecule has 174 valence electrons. The lowest BCUT2D eigenvalue weighted by Gasteiger charge is -2.41. The fourth-order valence-electron chi connectivity index (χ4n) is 4.46. The van der Waals surface area contributed by atoms with Gasteiger partial charge in [-0.1, -0.05) is 31.8 Å². The second kappa shape index (κ2) is 9.23. The molecule has 3 heterocycles. The van der Waals surface area contributed by atoms with Gasteiger partial charge in [-0.15, -0.1) is 0 Å². The van der Waals surface area contributed by atoms with E-state index < -0.39 is 8.07 Å². The van der Waals surface area contributed by atoms with Crippen LogP contribution < -0.4 is 10.2 Å². The van der Waals surface area contributed by atoms with E-state index in [0.717, 1.165) is 55.5 Å². The van der Waals surface area contributed by atoms with Gasteiger partial charge in [-0.25, -0.2) is 13.9 Å². The number of aromatic nitrogens is 2. The summed E-state index contributed by atoms with van der Waals surface area (Å²) < 4.78 is 22.1. The van der Waals surface area contributed by atoms with E-state index in [1.54, 1.807) is 12.3 Å². The minimum Gasteiger partial charge on any atom is -0.369 e. The second-order valence-corrected chi connectivity index (χ2v) is 15.7. The van der Waals surface area contributed by atoms with Gasteiger partial charge in [-0.2, -0.15) is 5.10 Å². The van der Waals surface area contributed by atoms with Gasteiger partial charge in [0.25, 0.3) is 0 Å². The summed E-state index contributed by atoms with van der Waals surface area (Å²) in [4.78, 5) is 16.8. The molecule has 0 saturated carbocycles. The number of nitrogens with zero attached hydrogens (tertiary/aromatic N) is 4. The molecule has 2 amide bonds. The molecule has 0 atom stereocenters. The molecule has 2 aromatic rings. The molecule has 0 unspecified atom stereocenters. The Labute approximate surface area is 190 Å². The number of aryl methyl sites for hydroxylation is 1. The second-order valence-electron chi connectivity index (χ2n) is 10.0. The molecule has 1 aromatic carbocycles. The molecule has 32 heavy (non-hydrogen) atoms. The largest absolute Gasteiger partial charge is 0.369 e. The lowest BCUT2D eigenvalue weighted by molar-refractivity contribution is 0.0736. The number of ether oxygens (including phenoxy) is 1. The molecule has 7 nitrogen and oxygen atoms in total. The first-order chi connectivity index (χ1) is 15.2. The van der Waals surface area contributed by atoms with Crippen LogP contribution >= 0.6 is 0 Å². The molecule has 1 N–H and O–H groups in total. The van der Waals surface area contributed by atoms with Crippen molar-refractivity contribution in [2.24, 2.45) is 0 Å². The van der Waals surface area contributed by atoms with Gasteiger partial charge in [0.05, 0.1) is 29.8 Å². The highest BCUT2D eigenvalue weighted by Gasteiger charge is 2.34. The van der Waals surface area contributed by atoms with Crippen LogP contribution in [0, 0.1) is 12.7 Å². The predicted octanol–water partition coefficient (Wildman–Crippen LogP) is 4.66. The zero-order valence-electron chi connectivity index (χ0n) is 19.5. The first-order valence-electron chi connectivity index (χ1n) is 11.4. The van der Waals surface area contributed by atoms with E-state index in [1.807, 2.05) is 22.6 Å². The number of amides is 2. The minimum absolute atomic E-state index is 0.0859. The summed E-state index contributed by atoms with van der Waals surface area (Å²) in [5.74, 6) is -0.179. The molecule has 2 aliphatic rings. The van der Waals surface area contributed by atoms with E-state index in [9.17, 15) is 9.18 Å². The van der Waals surface area contributed by atoms with Crippen molar-refractivity contribution in [3.8, 4) is 0 Å². The fraction of sp³-hybridized carbons (Fsp3) is 0.565. The molecule has 1 saturated heterocycles. The maximum atomic E-state index is 14.4. The van der Waals surface area contributed by atoms with E-state index in [-0.39, 0.29) is 17.9 Å². The first kappa shape index (κ1) is 22.8. The van der Waals surface area contributed by atoms with Crippen molar-refractivity contribution < 1.29 is 13.9 Å². The van der Waals surface area contributed by atoms with Gasteiger partial charge in [0.2, 0.25) is 0 Å². The zero-order chi connectivity index (χ0) is 22.9. The number of piperidine rings is 1. The van der Waals surface area contributed by atoms with E-state index in [1.165, 1.54) is 6.07 Å². The molecular formula is C23H34FN5O2Si. The smallest absolute Gasteiger partial charge is 0.322 e. The van der Waals surface area contributed by atoms with Crippen LogP contribution in [0.1, 0.15) is 24.1 Å². The number of hydrogen-bond donors (Lipinski definition) is 1. The van der Waals surface area contributed by atoms with Crippen LogP contribution in [0.15, 0.2) is 24.4 Å². The summed E-state index contributed by atoms with van der Waals surface area (Å²) in [6.07, 6.45) is 3.31. The normalized spacial score (nSPS) is 17.5. The third-order valence-electron chi connectivity index (χ3n) is 6.39. The number of fused-ring (bicyclic) bond motifs is 1. The minimum atomic E-state index is -1.14. The number of carbonyl (C=O) groups is 1. The van der Waals surface area contributed by atoms with Gasteiger partial charge in [0, 0.05) is 33.8 Å². The van der Waals surface area contributed by atoms with E-state index in [4.69, 9.17) is 4.74 Å². The van der Waals surface area contributed by atoms with Gasteiger partial charge in [-0.3, -0.25) is 0 Å². The quantitative estimate of drug-likeness (QED) is 0.483. The molecular weight excluding hydrogens is 425 g/mol. The van der Waals surface area contributed by atoms with Crippen molar-refractivity contribution in [2.75, 3.05) is 29.9 Å². The van der Waals surface area contributed by atoms with Gasteiger partial charge in [0.1, 0.15) is 12.5 Å². The number of halogens is 1. The molecule has 4 rings (SSSR count). The standard InChI is InChI=1S/C23H34FN5O2Si/c1-17-6-5-7-19(24)22(17)27-10-8-18(9-11-27)28-15-21-20(26-23(28)30)14-25-29(21)16-31-12-13-32(2,3)4/h5-7,14,18H,8-13,15-16H2,1-4H3,(H,26,30). The lowest BCUT2D eigenvalue weighted by Crippen LogP contribution is -2.50. The highest BCUT2D eigenvalue weighted by Crippen LogP contribution is 2.31. The number of anilines is 2. The van der Waals surface area contributed by atoms with E-state index >= 15 is 0 Å². The van der Waals surface area contributed by atoms with Crippen LogP contribution in [0.25, 0.3) is 0 Å². The van der Waals surface area contributed by atoms with Crippen molar-refractivity contribution in [3.63, 3.8) is 0 Å². The Hall–Kier alpha value is -2.39. The monoisotopic (exact) mass is 459 g/mol. The molecule has 0 aliphatic carbocycles. The van der Waals surface area contributed by atoms with Crippen LogP contribution in [-0.4, -0.2) is 54.5 Å². The molecule has 0 radical (unpaired) electrons. The third-order valence-corrected chi connectivity index (χ3v) is 8.10. The van der Waals surface area contributed by atoms with Gasteiger partial charge in [-0.05, 0) is 37.4 Å². The zero-order valence-corrected chi connectivity index (χ0v) is 20.5. The molecule has 0 spiro atoms. The summed E-state index contributed by atoms with van der Waals surface area (Å²) in [7, 11) is -1.14. The lowest BCUT2D eigenvalue weighted by atomic mass is 10.0. The molecule has 1 aromatic heterocycles. The van der Waals surface area contributed by atoms with Crippen LogP contribution in [0.5, 0.6) is 0 Å².